The molecule has 0 N–H and O–H groups in total. The van der Waals surface area contributed by atoms with Crippen molar-refractivity contribution in [3.8, 4) is 0 Å². The van der Waals surface area contributed by atoms with E-state index >= 15 is 0 Å². The maximum absolute atomic E-state index is 4.80. The Morgan fingerprint density at radius 3 is 2.92 bits per heavy atom. The van der Waals surface area contributed by atoms with Gasteiger partial charge in [0.05, 0.1) is 5.71 Å². The molecule has 0 fully saturated rings. The Bertz CT molecular complexity index is 263. The zero-order chi connectivity index (χ0) is 9.84. The van der Waals surface area contributed by atoms with Gasteiger partial charge in [0.15, 0.2) is 0 Å². The summed E-state index contributed by atoms with van der Waals surface area (Å²) in [4.78, 5) is 4.80. The molecule has 0 aromatic heterocycles. The van der Waals surface area contributed by atoms with Crippen LogP contribution in [0.3, 0.4) is 0 Å². The van der Waals surface area contributed by atoms with Crippen LogP contribution in [0.25, 0.3) is 0 Å². The van der Waals surface area contributed by atoms with Gasteiger partial charge in [0, 0.05) is 6.42 Å². The summed E-state index contributed by atoms with van der Waals surface area (Å²) < 4.78 is 0. The molecule has 1 rings (SSSR count). The lowest BCUT2D eigenvalue weighted by molar-refractivity contribution is 0.212. The number of hydrogen-bond donors (Lipinski definition) is 0. The fraction of sp³-hybridized carbons (Fsp3) is 0.545. The molecule has 0 amide bonds. The van der Waals surface area contributed by atoms with Crippen molar-refractivity contribution in [1.82, 2.24) is 0 Å². The predicted octanol–water partition coefficient (Wildman–Crippen LogP) is 2.92. The number of nitrogens with zero attached hydrogens (tertiary/aromatic N) is 1. The Balaban J connectivity index is 2.77. The highest BCUT2D eigenvalue weighted by atomic mass is 16.6. The zero-order valence-corrected chi connectivity index (χ0v) is 8.63. The minimum atomic E-state index is 0.539. The predicted molar refractivity (Wildman–Crippen MR) is 55.7 cm³/mol. The molecule has 0 aromatic carbocycles. The summed E-state index contributed by atoms with van der Waals surface area (Å²) in [5.41, 5.74) is 3.52. The first-order valence-corrected chi connectivity index (χ1v) is 4.57. The summed E-state index contributed by atoms with van der Waals surface area (Å²) in [6.07, 6.45) is 4.26. The van der Waals surface area contributed by atoms with Crippen LogP contribution in [-0.2, 0) is 4.84 Å². The monoisotopic (exact) mass is 179 g/mol. The van der Waals surface area contributed by atoms with Gasteiger partial charge < -0.3 is 4.84 Å². The Morgan fingerprint density at radius 2 is 2.38 bits per heavy atom. The van der Waals surface area contributed by atoms with Gasteiger partial charge in [-0.05, 0) is 31.8 Å². The van der Waals surface area contributed by atoms with Crippen molar-refractivity contribution < 1.29 is 4.84 Å². The summed E-state index contributed by atoms with van der Waals surface area (Å²) in [7, 11) is 1.59. The molecule has 0 saturated carbocycles. The molecule has 1 atom stereocenters. The van der Waals surface area contributed by atoms with Crippen LogP contribution >= 0.6 is 0 Å². The van der Waals surface area contributed by atoms with Gasteiger partial charge in [-0.25, -0.2) is 0 Å². The standard InChI is InChI=1S/C11H17NO/c1-8(2)10-6-5-9(3)11(7-10)12-13-4/h5,10H,1,6-7H2,2-4H3/b12-11-. The molecule has 0 heterocycles. The first-order valence-electron chi connectivity index (χ1n) is 4.57. The van der Waals surface area contributed by atoms with E-state index in [1.807, 2.05) is 0 Å². The Morgan fingerprint density at radius 1 is 1.69 bits per heavy atom. The Labute approximate surface area is 80.0 Å². The summed E-state index contributed by atoms with van der Waals surface area (Å²) in [6, 6.07) is 0. The zero-order valence-electron chi connectivity index (χ0n) is 8.63. The third kappa shape index (κ3) is 2.44. The molecule has 0 aliphatic heterocycles. The first kappa shape index (κ1) is 10.0. The smallest absolute Gasteiger partial charge is 0.106 e. The van der Waals surface area contributed by atoms with Crippen molar-refractivity contribution in [2.24, 2.45) is 11.1 Å². The van der Waals surface area contributed by atoms with Gasteiger partial charge in [0.25, 0.3) is 0 Å². The van der Waals surface area contributed by atoms with Crippen molar-refractivity contribution in [3.63, 3.8) is 0 Å². The van der Waals surface area contributed by atoms with E-state index in [9.17, 15) is 0 Å². The van der Waals surface area contributed by atoms with Crippen molar-refractivity contribution in [2.75, 3.05) is 7.11 Å². The quantitative estimate of drug-likeness (QED) is 0.472. The third-order valence-corrected chi connectivity index (χ3v) is 2.50. The average molecular weight is 179 g/mol. The lowest BCUT2D eigenvalue weighted by Gasteiger charge is -2.21. The molecular weight excluding hydrogens is 162 g/mol. The number of allylic oxidation sites excluding steroid dienone is 3. The van der Waals surface area contributed by atoms with E-state index < -0.39 is 0 Å². The lowest BCUT2D eigenvalue weighted by Crippen LogP contribution is -2.15. The SMILES string of the molecule is C=C(C)C1CC=C(C)/C(=N\OC)C1. The van der Waals surface area contributed by atoms with Gasteiger partial charge >= 0.3 is 0 Å². The van der Waals surface area contributed by atoms with Crippen LogP contribution in [-0.4, -0.2) is 12.8 Å². The van der Waals surface area contributed by atoms with Crippen LogP contribution in [0.1, 0.15) is 26.7 Å². The molecule has 0 spiro atoms. The van der Waals surface area contributed by atoms with Crippen LogP contribution in [0, 0.1) is 5.92 Å². The molecule has 2 nitrogen and oxygen atoms in total. The molecule has 72 valence electrons. The van der Waals surface area contributed by atoms with Gasteiger partial charge in [-0.3, -0.25) is 0 Å². The second-order valence-electron chi connectivity index (χ2n) is 3.59. The summed E-state index contributed by atoms with van der Waals surface area (Å²) >= 11 is 0. The fourth-order valence-electron chi connectivity index (χ4n) is 1.51. The highest BCUT2D eigenvalue weighted by Crippen LogP contribution is 2.26. The molecule has 13 heavy (non-hydrogen) atoms. The summed E-state index contributed by atoms with van der Waals surface area (Å²) in [6.45, 7) is 8.12. The normalized spacial score (nSPS) is 25.6. The van der Waals surface area contributed by atoms with E-state index in [0.29, 0.717) is 5.92 Å². The number of rotatable bonds is 2. The summed E-state index contributed by atoms with van der Waals surface area (Å²) in [5, 5.41) is 4.00. The van der Waals surface area contributed by atoms with Crippen LogP contribution in [0.2, 0.25) is 0 Å². The molecule has 1 aliphatic rings. The minimum absolute atomic E-state index is 0.539. The Hall–Kier alpha value is -1.05. The maximum Gasteiger partial charge on any atom is 0.106 e. The molecule has 0 saturated heterocycles. The van der Waals surface area contributed by atoms with Gasteiger partial charge in [-0.1, -0.05) is 23.4 Å². The van der Waals surface area contributed by atoms with Crippen molar-refractivity contribution in [3.05, 3.63) is 23.8 Å². The topological polar surface area (TPSA) is 21.6 Å². The average Bonchev–Trinajstić information content (AvgIpc) is 2.08. The molecule has 0 bridgehead atoms. The van der Waals surface area contributed by atoms with Crippen molar-refractivity contribution in [2.45, 2.75) is 26.7 Å². The molecule has 0 aromatic rings. The first-order chi connectivity index (χ1) is 6.15. The molecule has 2 heteroatoms. The van der Waals surface area contributed by atoms with E-state index in [0.717, 1.165) is 18.6 Å². The number of oxime groups is 1. The minimum Gasteiger partial charge on any atom is -0.399 e. The summed E-state index contributed by atoms with van der Waals surface area (Å²) in [5.74, 6) is 0.539. The van der Waals surface area contributed by atoms with E-state index in [-0.39, 0.29) is 0 Å². The largest absolute Gasteiger partial charge is 0.399 e. The molecule has 0 radical (unpaired) electrons. The molecule has 1 unspecified atom stereocenters. The van der Waals surface area contributed by atoms with Crippen LogP contribution in [0.5, 0.6) is 0 Å². The van der Waals surface area contributed by atoms with Gasteiger partial charge in [-0.15, -0.1) is 0 Å². The second kappa shape index (κ2) is 4.26. The maximum atomic E-state index is 4.80. The highest BCUT2D eigenvalue weighted by molar-refractivity contribution is 6.00. The van der Waals surface area contributed by atoms with Crippen LogP contribution < -0.4 is 0 Å². The number of hydrogen-bond acceptors (Lipinski definition) is 2. The Kier molecular flexibility index (Phi) is 3.29. The fourth-order valence-corrected chi connectivity index (χ4v) is 1.51. The molecular formula is C11H17NO. The van der Waals surface area contributed by atoms with E-state index in [1.165, 1.54) is 11.1 Å². The lowest BCUT2D eigenvalue weighted by atomic mass is 9.85. The van der Waals surface area contributed by atoms with Crippen LogP contribution in [0.4, 0.5) is 0 Å². The van der Waals surface area contributed by atoms with E-state index in [1.54, 1.807) is 7.11 Å². The van der Waals surface area contributed by atoms with Gasteiger partial charge in [0.2, 0.25) is 0 Å². The third-order valence-electron chi connectivity index (χ3n) is 2.50. The molecule has 1 aliphatic carbocycles. The van der Waals surface area contributed by atoms with E-state index in [2.05, 4.69) is 31.7 Å². The van der Waals surface area contributed by atoms with Crippen molar-refractivity contribution >= 4 is 5.71 Å². The second-order valence-corrected chi connectivity index (χ2v) is 3.59. The van der Waals surface area contributed by atoms with Crippen LogP contribution in [0.15, 0.2) is 29.0 Å². The van der Waals surface area contributed by atoms with Crippen molar-refractivity contribution in [1.29, 1.82) is 0 Å². The van der Waals surface area contributed by atoms with Gasteiger partial charge in [0.1, 0.15) is 7.11 Å². The van der Waals surface area contributed by atoms with Gasteiger partial charge in [-0.2, -0.15) is 0 Å². The highest BCUT2D eigenvalue weighted by Gasteiger charge is 2.18. The van der Waals surface area contributed by atoms with E-state index in [4.69, 9.17) is 4.84 Å².